The van der Waals surface area contributed by atoms with Gasteiger partial charge in [0.2, 0.25) is 0 Å². The molecule has 0 saturated carbocycles. The first-order chi connectivity index (χ1) is 8.34. The van der Waals surface area contributed by atoms with Crippen LogP contribution in [0, 0.1) is 0 Å². The number of halogens is 1. The highest BCUT2D eigenvalue weighted by molar-refractivity contribution is 7.98. The van der Waals surface area contributed by atoms with Gasteiger partial charge in [0.05, 0.1) is 10.5 Å². The van der Waals surface area contributed by atoms with Crippen LogP contribution in [0.4, 0.5) is 0 Å². The molecule has 0 atom stereocenters. The second kappa shape index (κ2) is 4.47. The van der Waals surface area contributed by atoms with Gasteiger partial charge in [-0.15, -0.1) is 0 Å². The minimum Gasteiger partial charge on any atom is -0.287 e. The molecule has 2 aromatic carbocycles. The number of nitrogens with zero attached hydrogens (tertiary/aromatic N) is 1. The van der Waals surface area contributed by atoms with Gasteiger partial charge >= 0.3 is 0 Å². The third-order valence-electron chi connectivity index (χ3n) is 2.60. The summed E-state index contributed by atoms with van der Waals surface area (Å²) in [6, 6.07) is 18.3. The van der Waals surface area contributed by atoms with Crippen molar-refractivity contribution in [1.29, 1.82) is 0 Å². The Bertz CT molecular complexity index is 660. The van der Waals surface area contributed by atoms with Gasteiger partial charge in [-0.1, -0.05) is 41.9 Å². The summed E-state index contributed by atoms with van der Waals surface area (Å²) in [7, 11) is 0. The lowest BCUT2D eigenvalue weighted by Crippen LogP contribution is -1.84. The Balaban J connectivity index is 2.03. The number of para-hydroxylation sites is 1. The zero-order valence-electron chi connectivity index (χ0n) is 9.01. The van der Waals surface area contributed by atoms with Gasteiger partial charge in [0.1, 0.15) is 0 Å². The van der Waals surface area contributed by atoms with Crippen LogP contribution in [0.25, 0.3) is 10.9 Å². The van der Waals surface area contributed by atoms with E-state index in [1.54, 1.807) is 11.9 Å². The maximum Gasteiger partial charge on any atom is 0.0594 e. The molecule has 3 heteroatoms. The van der Waals surface area contributed by atoms with E-state index >= 15 is 0 Å². The van der Waals surface area contributed by atoms with Crippen LogP contribution in [0.15, 0.2) is 65.7 Å². The lowest BCUT2D eigenvalue weighted by molar-refractivity contribution is 1.32. The Hall–Kier alpha value is -1.38. The molecule has 0 fully saturated rings. The van der Waals surface area contributed by atoms with E-state index in [0.29, 0.717) is 0 Å². The molecule has 0 amide bonds. The molecule has 0 aliphatic rings. The van der Waals surface area contributed by atoms with E-state index in [1.165, 1.54) is 10.9 Å². The predicted octanol–water partition coefficient (Wildman–Crippen LogP) is 4.85. The summed E-state index contributed by atoms with van der Waals surface area (Å²) in [6.45, 7) is 0. The van der Waals surface area contributed by atoms with Gasteiger partial charge in [0.15, 0.2) is 0 Å². The van der Waals surface area contributed by atoms with Crippen molar-refractivity contribution in [2.24, 2.45) is 0 Å². The molecule has 0 bridgehead atoms. The quantitative estimate of drug-likeness (QED) is 0.637. The van der Waals surface area contributed by atoms with Crippen LogP contribution in [0.5, 0.6) is 0 Å². The molecular weight excluding hydrogens is 250 g/mol. The van der Waals surface area contributed by atoms with E-state index in [2.05, 4.69) is 28.4 Å². The average molecular weight is 260 g/mol. The zero-order valence-corrected chi connectivity index (χ0v) is 10.6. The number of benzene rings is 2. The fourth-order valence-electron chi connectivity index (χ4n) is 1.76. The molecule has 0 aliphatic carbocycles. The van der Waals surface area contributed by atoms with E-state index < -0.39 is 0 Å². The summed E-state index contributed by atoms with van der Waals surface area (Å²) in [5.74, 6) is 0. The van der Waals surface area contributed by atoms with Gasteiger partial charge in [-0.2, -0.15) is 0 Å². The van der Waals surface area contributed by atoms with Crippen LogP contribution in [-0.4, -0.2) is 3.97 Å². The SMILES string of the molecule is Clc1ccccc1Sn1ccc2ccccc21. The number of fused-ring (bicyclic) bond motifs is 1. The van der Waals surface area contributed by atoms with E-state index in [4.69, 9.17) is 11.6 Å². The molecule has 0 radical (unpaired) electrons. The highest BCUT2D eigenvalue weighted by atomic mass is 35.5. The molecule has 0 saturated heterocycles. The molecule has 3 rings (SSSR count). The summed E-state index contributed by atoms with van der Waals surface area (Å²) in [4.78, 5) is 1.07. The van der Waals surface area contributed by atoms with Crippen molar-refractivity contribution < 1.29 is 0 Å². The van der Waals surface area contributed by atoms with Crippen molar-refractivity contribution in [2.75, 3.05) is 0 Å². The standard InChI is InChI=1S/C14H10ClNS/c15-12-6-2-4-8-14(12)17-16-10-9-11-5-1-3-7-13(11)16/h1-10H. The van der Waals surface area contributed by atoms with Crippen LogP contribution < -0.4 is 0 Å². The maximum atomic E-state index is 6.16. The Kier molecular flexibility index (Phi) is 2.83. The predicted molar refractivity (Wildman–Crippen MR) is 74.6 cm³/mol. The fourth-order valence-corrected chi connectivity index (χ4v) is 2.89. The summed E-state index contributed by atoms with van der Waals surface area (Å²) >= 11 is 7.79. The maximum absolute atomic E-state index is 6.16. The van der Waals surface area contributed by atoms with Gasteiger partial charge in [-0.05, 0) is 36.2 Å². The van der Waals surface area contributed by atoms with Crippen molar-refractivity contribution in [1.82, 2.24) is 3.97 Å². The first kappa shape index (κ1) is 10.8. The number of rotatable bonds is 2. The Labute approximate surface area is 109 Å². The second-order valence-corrected chi connectivity index (χ2v) is 5.15. The van der Waals surface area contributed by atoms with Gasteiger partial charge in [-0.3, -0.25) is 3.97 Å². The van der Waals surface area contributed by atoms with Crippen molar-refractivity contribution in [3.8, 4) is 0 Å². The summed E-state index contributed by atoms with van der Waals surface area (Å²) in [6.07, 6.45) is 2.07. The molecule has 1 heterocycles. The third kappa shape index (κ3) is 2.06. The van der Waals surface area contributed by atoms with E-state index in [0.717, 1.165) is 9.92 Å². The lowest BCUT2D eigenvalue weighted by atomic mass is 10.3. The van der Waals surface area contributed by atoms with Crippen molar-refractivity contribution in [3.05, 3.63) is 65.8 Å². The topological polar surface area (TPSA) is 4.93 Å². The fraction of sp³-hybridized carbons (Fsp3) is 0. The number of hydrogen-bond acceptors (Lipinski definition) is 1. The normalized spacial score (nSPS) is 10.9. The summed E-state index contributed by atoms with van der Waals surface area (Å²) in [5.41, 5.74) is 1.21. The molecule has 0 unspecified atom stereocenters. The summed E-state index contributed by atoms with van der Waals surface area (Å²) in [5, 5.41) is 2.03. The Morgan fingerprint density at radius 1 is 0.882 bits per heavy atom. The zero-order chi connectivity index (χ0) is 11.7. The van der Waals surface area contributed by atoms with Gasteiger partial charge in [0.25, 0.3) is 0 Å². The minimum absolute atomic E-state index is 0.787. The highest BCUT2D eigenvalue weighted by Crippen LogP contribution is 2.31. The van der Waals surface area contributed by atoms with Gasteiger partial charge < -0.3 is 0 Å². The van der Waals surface area contributed by atoms with Crippen molar-refractivity contribution >= 4 is 34.5 Å². The molecule has 17 heavy (non-hydrogen) atoms. The monoisotopic (exact) mass is 259 g/mol. The van der Waals surface area contributed by atoms with Crippen molar-refractivity contribution in [3.63, 3.8) is 0 Å². The molecule has 3 aromatic rings. The molecule has 1 aromatic heterocycles. The first-order valence-corrected chi connectivity index (χ1v) is 6.49. The lowest BCUT2D eigenvalue weighted by Gasteiger charge is -2.05. The van der Waals surface area contributed by atoms with Gasteiger partial charge in [0, 0.05) is 16.5 Å². The highest BCUT2D eigenvalue weighted by Gasteiger charge is 2.04. The second-order valence-electron chi connectivity index (χ2n) is 3.72. The van der Waals surface area contributed by atoms with Crippen LogP contribution in [0.3, 0.4) is 0 Å². The van der Waals surface area contributed by atoms with Crippen LogP contribution in [0.2, 0.25) is 5.02 Å². The Morgan fingerprint density at radius 2 is 1.65 bits per heavy atom. The summed E-state index contributed by atoms with van der Waals surface area (Å²) < 4.78 is 2.14. The molecular formula is C14H10ClNS. The van der Waals surface area contributed by atoms with Crippen LogP contribution in [0.1, 0.15) is 0 Å². The first-order valence-electron chi connectivity index (χ1n) is 5.33. The number of hydrogen-bond donors (Lipinski definition) is 0. The minimum atomic E-state index is 0.787. The molecule has 84 valence electrons. The molecule has 0 N–H and O–H groups in total. The molecule has 1 nitrogen and oxygen atoms in total. The van der Waals surface area contributed by atoms with E-state index in [9.17, 15) is 0 Å². The molecule has 0 aliphatic heterocycles. The largest absolute Gasteiger partial charge is 0.287 e. The average Bonchev–Trinajstić information content (AvgIpc) is 2.76. The van der Waals surface area contributed by atoms with E-state index in [-0.39, 0.29) is 0 Å². The smallest absolute Gasteiger partial charge is 0.0594 e. The molecule has 0 spiro atoms. The Morgan fingerprint density at radius 3 is 2.53 bits per heavy atom. The van der Waals surface area contributed by atoms with Crippen LogP contribution in [-0.2, 0) is 0 Å². The van der Waals surface area contributed by atoms with Gasteiger partial charge in [-0.25, -0.2) is 0 Å². The third-order valence-corrected chi connectivity index (χ3v) is 4.11. The number of aromatic nitrogens is 1. The van der Waals surface area contributed by atoms with E-state index in [1.807, 2.05) is 36.4 Å². The van der Waals surface area contributed by atoms with Crippen molar-refractivity contribution in [2.45, 2.75) is 4.90 Å². The van der Waals surface area contributed by atoms with Crippen LogP contribution >= 0.6 is 23.5 Å².